The Labute approximate surface area is 58.7 Å². The molecule has 2 nitrogen and oxygen atoms in total. The van der Waals surface area contributed by atoms with Crippen molar-refractivity contribution >= 4 is 15.9 Å². The first-order chi connectivity index (χ1) is 3.56. The van der Waals surface area contributed by atoms with Gasteiger partial charge in [-0.15, -0.1) is 0 Å². The van der Waals surface area contributed by atoms with Crippen LogP contribution in [0.4, 0.5) is 0 Å². The van der Waals surface area contributed by atoms with Crippen molar-refractivity contribution in [3.63, 3.8) is 0 Å². The van der Waals surface area contributed by atoms with Crippen LogP contribution in [-0.4, -0.2) is 11.1 Å². The largest absolute Gasteiger partial charge is 0.295 e. The van der Waals surface area contributed by atoms with Crippen molar-refractivity contribution in [3.05, 3.63) is 0 Å². The number of nitrogens with one attached hydrogen (secondary N) is 1. The minimum atomic E-state index is -0.0895. The van der Waals surface area contributed by atoms with Crippen LogP contribution in [-0.2, 0) is 4.84 Å². The lowest BCUT2D eigenvalue weighted by atomic mass is 10.2. The number of halogens is 1. The normalized spacial score (nSPS) is 12.0. The molecule has 0 fully saturated rings. The van der Waals surface area contributed by atoms with Gasteiger partial charge in [0.05, 0.1) is 11.1 Å². The van der Waals surface area contributed by atoms with E-state index in [2.05, 4.69) is 21.4 Å². The van der Waals surface area contributed by atoms with Crippen molar-refractivity contribution in [1.82, 2.24) is 5.48 Å². The molecule has 0 amide bonds. The topological polar surface area (TPSA) is 21.3 Å². The van der Waals surface area contributed by atoms with Gasteiger partial charge in [0, 0.05) is 0 Å². The van der Waals surface area contributed by atoms with Gasteiger partial charge in [-0.1, -0.05) is 15.9 Å². The minimum Gasteiger partial charge on any atom is -0.295 e. The van der Waals surface area contributed by atoms with Crippen molar-refractivity contribution in [2.75, 3.05) is 5.45 Å². The average Bonchev–Trinajstić information content (AvgIpc) is 1.59. The first kappa shape index (κ1) is 8.40. The van der Waals surface area contributed by atoms with E-state index in [1.165, 1.54) is 0 Å². The Morgan fingerprint density at radius 1 is 1.50 bits per heavy atom. The van der Waals surface area contributed by atoms with E-state index in [4.69, 9.17) is 4.84 Å². The average molecular weight is 182 g/mol. The molecular formula is C5H12BrNO. The molecule has 0 spiro atoms. The molecule has 0 aliphatic rings. The van der Waals surface area contributed by atoms with E-state index in [1.54, 1.807) is 0 Å². The summed E-state index contributed by atoms with van der Waals surface area (Å²) in [5.41, 5.74) is 3.29. The Morgan fingerprint density at radius 3 is 2.12 bits per heavy atom. The Kier molecular flexibility index (Phi) is 3.60. The van der Waals surface area contributed by atoms with Crippen LogP contribution in [0.1, 0.15) is 20.8 Å². The second-order valence-corrected chi connectivity index (χ2v) is 3.05. The molecule has 50 valence electrons. The van der Waals surface area contributed by atoms with Crippen LogP contribution in [0.3, 0.4) is 0 Å². The predicted molar refractivity (Wildman–Crippen MR) is 37.8 cm³/mol. The van der Waals surface area contributed by atoms with E-state index in [-0.39, 0.29) is 5.60 Å². The van der Waals surface area contributed by atoms with Gasteiger partial charge >= 0.3 is 0 Å². The quantitative estimate of drug-likeness (QED) is 0.398. The van der Waals surface area contributed by atoms with Crippen LogP contribution >= 0.6 is 15.9 Å². The highest BCUT2D eigenvalue weighted by Crippen LogP contribution is 2.02. The molecule has 0 saturated carbocycles. The smallest absolute Gasteiger partial charge is 0.0813 e. The van der Waals surface area contributed by atoms with E-state index >= 15 is 0 Å². The molecule has 0 bridgehead atoms. The fraction of sp³-hybridized carbons (Fsp3) is 1.00. The van der Waals surface area contributed by atoms with Gasteiger partial charge in [-0.25, -0.2) is 0 Å². The first-order valence-electron chi connectivity index (χ1n) is 2.53. The zero-order valence-electron chi connectivity index (χ0n) is 5.49. The third kappa shape index (κ3) is 6.40. The highest BCUT2D eigenvalue weighted by Gasteiger charge is 2.08. The molecule has 0 aromatic rings. The van der Waals surface area contributed by atoms with E-state index in [0.717, 1.165) is 0 Å². The lowest BCUT2D eigenvalue weighted by Crippen LogP contribution is -2.27. The monoisotopic (exact) mass is 181 g/mol. The van der Waals surface area contributed by atoms with E-state index in [1.807, 2.05) is 20.8 Å². The number of hydroxylamine groups is 1. The molecule has 8 heavy (non-hydrogen) atoms. The summed E-state index contributed by atoms with van der Waals surface area (Å²) in [5.74, 6) is 0. The van der Waals surface area contributed by atoms with Gasteiger partial charge in [0.25, 0.3) is 0 Å². The summed E-state index contributed by atoms with van der Waals surface area (Å²) in [6.07, 6.45) is 0. The van der Waals surface area contributed by atoms with Gasteiger partial charge < -0.3 is 0 Å². The maximum absolute atomic E-state index is 5.08. The van der Waals surface area contributed by atoms with Gasteiger partial charge in [0.15, 0.2) is 0 Å². The van der Waals surface area contributed by atoms with E-state index < -0.39 is 0 Å². The molecular weight excluding hydrogens is 170 g/mol. The number of rotatable bonds is 2. The lowest BCUT2D eigenvalue weighted by molar-refractivity contribution is -0.0636. The Balaban J connectivity index is 3.11. The van der Waals surface area contributed by atoms with Crippen molar-refractivity contribution in [1.29, 1.82) is 0 Å². The highest BCUT2D eigenvalue weighted by atomic mass is 79.9. The molecule has 0 unspecified atom stereocenters. The molecule has 0 saturated heterocycles. The standard InChI is InChI=1S/C5H12BrNO/c1-5(2,3)8-7-4-6/h7H,4H2,1-3H3. The fourth-order valence-corrected chi connectivity index (χ4v) is 0.358. The third-order valence-electron chi connectivity index (χ3n) is 0.433. The van der Waals surface area contributed by atoms with Crippen molar-refractivity contribution in [2.45, 2.75) is 26.4 Å². The summed E-state index contributed by atoms with van der Waals surface area (Å²) < 4.78 is 0. The molecule has 0 aliphatic carbocycles. The predicted octanol–water partition coefficient (Wildman–Crippen LogP) is 1.66. The molecule has 0 radical (unpaired) electrons. The molecule has 0 aromatic carbocycles. The maximum atomic E-state index is 5.08. The van der Waals surface area contributed by atoms with E-state index in [9.17, 15) is 0 Å². The summed E-state index contributed by atoms with van der Waals surface area (Å²) in [6.45, 7) is 5.97. The Hall–Kier alpha value is 0.400. The summed E-state index contributed by atoms with van der Waals surface area (Å²) in [4.78, 5) is 5.08. The van der Waals surface area contributed by atoms with Gasteiger partial charge in [-0.2, -0.15) is 5.48 Å². The SMILES string of the molecule is CC(C)(C)ONCBr. The van der Waals surface area contributed by atoms with Gasteiger partial charge in [-0.3, -0.25) is 4.84 Å². The lowest BCUT2D eigenvalue weighted by Gasteiger charge is -2.17. The second kappa shape index (κ2) is 3.43. The molecule has 1 N–H and O–H groups in total. The minimum absolute atomic E-state index is 0.0895. The first-order valence-corrected chi connectivity index (χ1v) is 3.65. The fourth-order valence-electron chi connectivity index (χ4n) is 0.244. The zero-order valence-corrected chi connectivity index (χ0v) is 7.08. The van der Waals surface area contributed by atoms with Crippen LogP contribution in [0.25, 0.3) is 0 Å². The molecule has 0 aromatic heterocycles. The van der Waals surface area contributed by atoms with Gasteiger partial charge in [-0.05, 0) is 20.8 Å². The Bertz CT molecular complexity index is 59.9. The number of hydrogen-bond acceptors (Lipinski definition) is 2. The summed E-state index contributed by atoms with van der Waals surface area (Å²) in [5, 5.41) is 0. The van der Waals surface area contributed by atoms with Gasteiger partial charge in [0.1, 0.15) is 0 Å². The molecule has 3 heteroatoms. The Morgan fingerprint density at radius 2 is 2.00 bits per heavy atom. The zero-order chi connectivity index (χ0) is 6.62. The van der Waals surface area contributed by atoms with Crippen LogP contribution < -0.4 is 5.48 Å². The maximum Gasteiger partial charge on any atom is 0.0813 e. The van der Waals surface area contributed by atoms with Crippen LogP contribution in [0.5, 0.6) is 0 Å². The van der Waals surface area contributed by atoms with Crippen molar-refractivity contribution in [3.8, 4) is 0 Å². The summed E-state index contributed by atoms with van der Waals surface area (Å²) in [7, 11) is 0. The van der Waals surface area contributed by atoms with Crippen LogP contribution in [0, 0.1) is 0 Å². The molecule has 0 atom stereocenters. The highest BCUT2D eigenvalue weighted by molar-refractivity contribution is 9.09. The van der Waals surface area contributed by atoms with Crippen molar-refractivity contribution in [2.24, 2.45) is 0 Å². The van der Waals surface area contributed by atoms with Gasteiger partial charge in [0.2, 0.25) is 0 Å². The third-order valence-corrected chi connectivity index (χ3v) is 0.662. The number of alkyl halides is 1. The van der Waals surface area contributed by atoms with Crippen molar-refractivity contribution < 1.29 is 4.84 Å². The molecule has 0 rings (SSSR count). The summed E-state index contributed by atoms with van der Waals surface area (Å²) >= 11 is 3.17. The van der Waals surface area contributed by atoms with E-state index in [0.29, 0.717) is 5.45 Å². The van der Waals surface area contributed by atoms with Crippen LogP contribution in [0.15, 0.2) is 0 Å². The summed E-state index contributed by atoms with van der Waals surface area (Å²) in [6, 6.07) is 0. The number of hydrogen-bond donors (Lipinski definition) is 1. The second-order valence-electron chi connectivity index (χ2n) is 2.49. The molecule has 0 aliphatic heterocycles. The van der Waals surface area contributed by atoms with Crippen LogP contribution in [0.2, 0.25) is 0 Å². The molecule has 0 heterocycles.